The summed E-state index contributed by atoms with van der Waals surface area (Å²) in [5.74, 6) is 0. The standard InChI is InChI=1S/C15H23N/c1-3-5-6-9-13-16-15-12-8-7-11-14(15)10-4-2/h7-8,11-13H,3-6,9-10H2,1-2H3. The SMILES string of the molecule is CCCCCC=Nc1ccccc1CCC. The summed E-state index contributed by atoms with van der Waals surface area (Å²) in [6.45, 7) is 4.44. The summed E-state index contributed by atoms with van der Waals surface area (Å²) in [7, 11) is 0. The van der Waals surface area contributed by atoms with Crippen molar-refractivity contribution < 1.29 is 0 Å². The van der Waals surface area contributed by atoms with Gasteiger partial charge in [0.25, 0.3) is 0 Å². The average molecular weight is 217 g/mol. The van der Waals surface area contributed by atoms with Gasteiger partial charge in [-0.1, -0.05) is 51.3 Å². The molecule has 1 rings (SSSR count). The van der Waals surface area contributed by atoms with E-state index >= 15 is 0 Å². The number of aryl methyl sites for hydroxylation is 1. The highest BCUT2D eigenvalue weighted by Gasteiger charge is 1.97. The monoisotopic (exact) mass is 217 g/mol. The topological polar surface area (TPSA) is 12.4 Å². The maximum atomic E-state index is 4.57. The maximum Gasteiger partial charge on any atom is 0.0657 e. The molecule has 1 heteroatoms. The summed E-state index contributed by atoms with van der Waals surface area (Å²) in [4.78, 5) is 4.57. The lowest BCUT2D eigenvalue weighted by Crippen LogP contribution is -1.84. The van der Waals surface area contributed by atoms with Crippen molar-refractivity contribution in [2.75, 3.05) is 0 Å². The summed E-state index contributed by atoms with van der Waals surface area (Å²) in [5, 5.41) is 0. The number of benzene rings is 1. The Balaban J connectivity index is 2.51. The van der Waals surface area contributed by atoms with Crippen LogP contribution in [0.1, 0.15) is 51.5 Å². The summed E-state index contributed by atoms with van der Waals surface area (Å²) < 4.78 is 0. The molecule has 1 nitrogen and oxygen atoms in total. The normalized spacial score (nSPS) is 11.1. The fraction of sp³-hybridized carbons (Fsp3) is 0.533. The number of rotatable bonds is 7. The maximum absolute atomic E-state index is 4.57. The van der Waals surface area contributed by atoms with Gasteiger partial charge in [-0.15, -0.1) is 0 Å². The molecule has 0 bridgehead atoms. The molecule has 0 aromatic heterocycles. The molecule has 0 radical (unpaired) electrons. The Morgan fingerprint density at radius 3 is 2.62 bits per heavy atom. The molecule has 88 valence electrons. The molecule has 0 N–H and O–H groups in total. The third-order valence-electron chi connectivity index (χ3n) is 2.68. The van der Waals surface area contributed by atoms with Gasteiger partial charge in [0.15, 0.2) is 0 Å². The van der Waals surface area contributed by atoms with Crippen LogP contribution in [0.5, 0.6) is 0 Å². The molecular formula is C15H23N. The van der Waals surface area contributed by atoms with Crippen LogP contribution in [-0.4, -0.2) is 6.21 Å². The smallest absolute Gasteiger partial charge is 0.0657 e. The van der Waals surface area contributed by atoms with Crippen molar-refractivity contribution in [1.29, 1.82) is 0 Å². The minimum Gasteiger partial charge on any atom is -0.261 e. The molecule has 1 aromatic carbocycles. The summed E-state index contributed by atoms with van der Waals surface area (Å²) in [6, 6.07) is 8.46. The van der Waals surface area contributed by atoms with E-state index in [1.165, 1.54) is 31.2 Å². The fourth-order valence-corrected chi connectivity index (χ4v) is 1.77. The zero-order valence-electron chi connectivity index (χ0n) is 10.6. The second-order valence-corrected chi connectivity index (χ2v) is 4.19. The van der Waals surface area contributed by atoms with Gasteiger partial charge >= 0.3 is 0 Å². The van der Waals surface area contributed by atoms with Crippen molar-refractivity contribution in [3.8, 4) is 0 Å². The van der Waals surface area contributed by atoms with Crippen molar-refractivity contribution >= 4 is 11.9 Å². The third-order valence-corrected chi connectivity index (χ3v) is 2.68. The van der Waals surface area contributed by atoms with Crippen molar-refractivity contribution in [1.82, 2.24) is 0 Å². The van der Waals surface area contributed by atoms with E-state index < -0.39 is 0 Å². The van der Waals surface area contributed by atoms with Crippen molar-refractivity contribution in [3.05, 3.63) is 29.8 Å². The summed E-state index contributed by atoms with van der Waals surface area (Å²) in [6.07, 6.45) is 9.34. The first-order valence-corrected chi connectivity index (χ1v) is 6.49. The molecule has 1 aromatic rings. The van der Waals surface area contributed by atoms with E-state index in [1.807, 2.05) is 0 Å². The molecule has 0 amide bonds. The molecule has 0 atom stereocenters. The van der Waals surface area contributed by atoms with Crippen LogP contribution in [0.4, 0.5) is 5.69 Å². The van der Waals surface area contributed by atoms with Crippen LogP contribution in [0.2, 0.25) is 0 Å². The van der Waals surface area contributed by atoms with E-state index in [1.54, 1.807) is 0 Å². The van der Waals surface area contributed by atoms with Crippen molar-refractivity contribution in [2.45, 2.75) is 52.4 Å². The lowest BCUT2D eigenvalue weighted by atomic mass is 10.1. The van der Waals surface area contributed by atoms with Gasteiger partial charge in [-0.25, -0.2) is 0 Å². The summed E-state index contributed by atoms with van der Waals surface area (Å²) >= 11 is 0. The second-order valence-electron chi connectivity index (χ2n) is 4.19. The van der Waals surface area contributed by atoms with Crippen LogP contribution in [0.25, 0.3) is 0 Å². The minimum atomic E-state index is 1.11. The van der Waals surface area contributed by atoms with E-state index in [2.05, 4.69) is 49.3 Å². The zero-order chi connectivity index (χ0) is 11.6. The molecule has 0 aliphatic heterocycles. The molecule has 16 heavy (non-hydrogen) atoms. The van der Waals surface area contributed by atoms with E-state index in [4.69, 9.17) is 0 Å². The molecule has 0 aliphatic carbocycles. The second kappa shape index (κ2) is 8.09. The molecule has 0 spiro atoms. The van der Waals surface area contributed by atoms with Gasteiger partial charge in [-0.05, 0) is 30.9 Å². The lowest BCUT2D eigenvalue weighted by molar-refractivity contribution is 0.746. The quantitative estimate of drug-likeness (QED) is 0.454. The van der Waals surface area contributed by atoms with Gasteiger partial charge < -0.3 is 0 Å². The molecule has 0 heterocycles. The van der Waals surface area contributed by atoms with E-state index in [-0.39, 0.29) is 0 Å². The first-order valence-electron chi connectivity index (χ1n) is 6.49. The van der Waals surface area contributed by atoms with Gasteiger partial charge in [0.2, 0.25) is 0 Å². The van der Waals surface area contributed by atoms with E-state index in [0.717, 1.165) is 18.5 Å². The molecule has 0 aliphatic rings. The molecule has 0 saturated carbocycles. The number of hydrogen-bond acceptors (Lipinski definition) is 1. The van der Waals surface area contributed by atoms with Crippen LogP contribution >= 0.6 is 0 Å². The summed E-state index contributed by atoms with van der Waals surface area (Å²) in [5.41, 5.74) is 2.53. The lowest BCUT2D eigenvalue weighted by Gasteiger charge is -2.02. The predicted octanol–water partition coefficient (Wildman–Crippen LogP) is 4.92. The number of aliphatic imine (C=N–C) groups is 1. The number of nitrogens with zero attached hydrogens (tertiary/aromatic N) is 1. The first kappa shape index (κ1) is 13.0. The van der Waals surface area contributed by atoms with E-state index in [0.29, 0.717) is 0 Å². The molecule has 0 fully saturated rings. The van der Waals surface area contributed by atoms with Crippen molar-refractivity contribution in [3.63, 3.8) is 0 Å². The highest BCUT2D eigenvalue weighted by molar-refractivity contribution is 5.64. The fourth-order valence-electron chi connectivity index (χ4n) is 1.77. The van der Waals surface area contributed by atoms with Crippen LogP contribution in [-0.2, 0) is 6.42 Å². The Kier molecular flexibility index (Phi) is 6.55. The largest absolute Gasteiger partial charge is 0.261 e. The minimum absolute atomic E-state index is 1.11. The van der Waals surface area contributed by atoms with Gasteiger partial charge in [-0.2, -0.15) is 0 Å². The first-order chi connectivity index (χ1) is 7.88. The van der Waals surface area contributed by atoms with Crippen molar-refractivity contribution in [2.24, 2.45) is 4.99 Å². The third kappa shape index (κ3) is 4.61. The Bertz CT molecular complexity index is 315. The van der Waals surface area contributed by atoms with Gasteiger partial charge in [0.1, 0.15) is 0 Å². The van der Waals surface area contributed by atoms with Gasteiger partial charge in [0.05, 0.1) is 5.69 Å². The Hall–Kier alpha value is -1.11. The number of para-hydroxylation sites is 1. The highest BCUT2D eigenvalue weighted by atomic mass is 14.7. The highest BCUT2D eigenvalue weighted by Crippen LogP contribution is 2.19. The number of hydrogen-bond donors (Lipinski definition) is 0. The molecule has 0 saturated heterocycles. The Morgan fingerprint density at radius 2 is 1.88 bits per heavy atom. The van der Waals surface area contributed by atoms with E-state index in [9.17, 15) is 0 Å². The van der Waals surface area contributed by atoms with Crippen LogP contribution in [0, 0.1) is 0 Å². The average Bonchev–Trinajstić information content (AvgIpc) is 2.31. The van der Waals surface area contributed by atoms with Gasteiger partial charge in [0, 0.05) is 6.21 Å². The Labute approximate surface area is 99.6 Å². The predicted molar refractivity (Wildman–Crippen MR) is 72.7 cm³/mol. The molecular weight excluding hydrogens is 194 g/mol. The molecule has 0 unspecified atom stereocenters. The zero-order valence-corrected chi connectivity index (χ0v) is 10.6. The number of unbranched alkanes of at least 4 members (excludes halogenated alkanes) is 3. The van der Waals surface area contributed by atoms with Gasteiger partial charge in [-0.3, -0.25) is 4.99 Å². The van der Waals surface area contributed by atoms with Crippen LogP contribution in [0.3, 0.4) is 0 Å². The van der Waals surface area contributed by atoms with Crippen LogP contribution in [0.15, 0.2) is 29.3 Å². The van der Waals surface area contributed by atoms with Crippen LogP contribution < -0.4 is 0 Å². The Morgan fingerprint density at radius 1 is 1.06 bits per heavy atom.